The molecule has 31 heavy (non-hydrogen) atoms. The number of ether oxygens (including phenoxy) is 2. The first-order valence-corrected chi connectivity index (χ1v) is 11.3. The Morgan fingerprint density at radius 2 is 2.00 bits per heavy atom. The molecule has 1 aliphatic carbocycles. The van der Waals surface area contributed by atoms with Crippen molar-refractivity contribution in [2.75, 3.05) is 13.7 Å². The first-order chi connectivity index (χ1) is 15.1. The molecule has 2 aliphatic rings. The van der Waals surface area contributed by atoms with E-state index in [4.69, 9.17) is 14.0 Å². The smallest absolute Gasteiger partial charge is 0.246 e. The minimum Gasteiger partial charge on any atom is -0.493 e. The van der Waals surface area contributed by atoms with Gasteiger partial charge in [0.05, 0.1) is 18.4 Å². The van der Waals surface area contributed by atoms with Crippen LogP contribution in [0, 0.1) is 19.8 Å². The summed E-state index contributed by atoms with van der Waals surface area (Å²) in [6, 6.07) is 6.13. The number of fused-ring (bicyclic) bond motifs is 1. The molecule has 2 heterocycles. The fourth-order valence-corrected chi connectivity index (χ4v) is 4.93. The standard InChI is InChI=1S/C25H32N2O4/c1-17-21(18(2)31-26-17)16-30-23-12-10-19(15-24(23)29-3)11-13-25(28)27-14-6-8-20-7-4-5-9-22(20)27/h10-13,15,20,22H,4-9,14,16H2,1-3H3/b13-11+/t20-,22+/m0/s1. The van der Waals surface area contributed by atoms with Gasteiger partial charge in [-0.15, -0.1) is 0 Å². The van der Waals surface area contributed by atoms with Crippen molar-refractivity contribution >= 4 is 12.0 Å². The Morgan fingerprint density at radius 1 is 1.19 bits per heavy atom. The lowest BCUT2D eigenvalue weighted by Gasteiger charge is -2.43. The molecule has 6 nitrogen and oxygen atoms in total. The fraction of sp³-hybridized carbons (Fsp3) is 0.520. The van der Waals surface area contributed by atoms with E-state index in [1.54, 1.807) is 13.2 Å². The molecule has 0 N–H and O–H groups in total. The van der Waals surface area contributed by atoms with Crippen LogP contribution in [0.4, 0.5) is 0 Å². The van der Waals surface area contributed by atoms with Gasteiger partial charge in [0.1, 0.15) is 12.4 Å². The van der Waals surface area contributed by atoms with Gasteiger partial charge in [-0.1, -0.05) is 24.1 Å². The Hall–Kier alpha value is -2.76. The summed E-state index contributed by atoms with van der Waals surface area (Å²) in [5, 5.41) is 3.96. The highest BCUT2D eigenvalue weighted by molar-refractivity contribution is 5.92. The Bertz CT molecular complexity index is 927. The summed E-state index contributed by atoms with van der Waals surface area (Å²) in [7, 11) is 1.62. The van der Waals surface area contributed by atoms with Crippen molar-refractivity contribution in [2.45, 2.75) is 65.0 Å². The van der Waals surface area contributed by atoms with Gasteiger partial charge in [0.15, 0.2) is 11.5 Å². The summed E-state index contributed by atoms with van der Waals surface area (Å²) in [4.78, 5) is 15.0. The quantitative estimate of drug-likeness (QED) is 0.606. The van der Waals surface area contributed by atoms with E-state index in [0.29, 0.717) is 30.1 Å². The second kappa shape index (κ2) is 9.58. The van der Waals surface area contributed by atoms with Crippen LogP contribution in [0.15, 0.2) is 28.8 Å². The first kappa shape index (κ1) is 21.5. The molecule has 4 rings (SSSR count). The lowest BCUT2D eigenvalue weighted by atomic mass is 9.78. The van der Waals surface area contributed by atoms with Crippen LogP contribution in [0.2, 0.25) is 0 Å². The minimum absolute atomic E-state index is 0.120. The largest absolute Gasteiger partial charge is 0.493 e. The van der Waals surface area contributed by atoms with E-state index in [2.05, 4.69) is 10.1 Å². The summed E-state index contributed by atoms with van der Waals surface area (Å²) in [6.07, 6.45) is 10.9. The lowest BCUT2D eigenvalue weighted by molar-refractivity contribution is -0.132. The van der Waals surface area contributed by atoms with Crippen LogP contribution in [-0.2, 0) is 11.4 Å². The van der Waals surface area contributed by atoms with Crippen molar-refractivity contribution in [1.82, 2.24) is 10.1 Å². The van der Waals surface area contributed by atoms with E-state index in [-0.39, 0.29) is 5.91 Å². The van der Waals surface area contributed by atoms with Crippen molar-refractivity contribution in [2.24, 2.45) is 5.92 Å². The zero-order valence-electron chi connectivity index (χ0n) is 18.7. The third-order valence-electron chi connectivity index (χ3n) is 6.69. The molecule has 0 unspecified atom stereocenters. The van der Waals surface area contributed by atoms with E-state index in [1.165, 1.54) is 25.7 Å². The maximum atomic E-state index is 12.9. The number of hydrogen-bond donors (Lipinski definition) is 0. The van der Waals surface area contributed by atoms with Gasteiger partial charge < -0.3 is 18.9 Å². The second-order valence-electron chi connectivity index (χ2n) is 8.62. The van der Waals surface area contributed by atoms with E-state index < -0.39 is 0 Å². The molecule has 1 aromatic heterocycles. The summed E-state index contributed by atoms with van der Waals surface area (Å²) < 4.78 is 16.7. The normalized spacial score (nSPS) is 21.2. The number of benzene rings is 1. The highest BCUT2D eigenvalue weighted by Crippen LogP contribution is 2.35. The van der Waals surface area contributed by atoms with Crippen molar-refractivity contribution in [3.05, 3.63) is 46.9 Å². The second-order valence-corrected chi connectivity index (χ2v) is 8.62. The van der Waals surface area contributed by atoms with Gasteiger partial charge in [-0.05, 0) is 69.2 Å². The van der Waals surface area contributed by atoms with Crippen LogP contribution < -0.4 is 9.47 Å². The Morgan fingerprint density at radius 3 is 2.77 bits per heavy atom. The number of piperidine rings is 1. The average Bonchev–Trinajstić information content (AvgIpc) is 3.12. The zero-order chi connectivity index (χ0) is 21.8. The molecule has 0 radical (unpaired) electrons. The Balaban J connectivity index is 1.42. The van der Waals surface area contributed by atoms with Gasteiger partial charge in [-0.25, -0.2) is 0 Å². The van der Waals surface area contributed by atoms with Gasteiger partial charge in [0.25, 0.3) is 0 Å². The SMILES string of the molecule is COc1cc(/C=C/C(=O)N2CCC[C@@H]3CCCC[C@H]32)ccc1OCc1c(C)noc1C. The van der Waals surface area contributed by atoms with Crippen molar-refractivity contribution in [1.29, 1.82) is 0 Å². The highest BCUT2D eigenvalue weighted by atomic mass is 16.5. The van der Waals surface area contributed by atoms with Crippen LogP contribution in [0.1, 0.15) is 61.1 Å². The van der Waals surface area contributed by atoms with Crippen molar-refractivity contribution in [3.8, 4) is 11.5 Å². The fourth-order valence-electron chi connectivity index (χ4n) is 4.93. The van der Waals surface area contributed by atoms with Gasteiger partial charge in [0, 0.05) is 18.7 Å². The molecule has 1 saturated carbocycles. The molecule has 0 spiro atoms. The molecule has 1 aliphatic heterocycles. The predicted octanol–water partition coefficient (Wildman–Crippen LogP) is 5.07. The molecule has 0 bridgehead atoms. The van der Waals surface area contributed by atoms with E-state index in [0.717, 1.165) is 42.0 Å². The molecular weight excluding hydrogens is 392 g/mol. The summed E-state index contributed by atoms with van der Waals surface area (Å²) in [5.41, 5.74) is 2.68. The maximum Gasteiger partial charge on any atom is 0.246 e. The maximum absolute atomic E-state index is 12.9. The Labute approximate surface area is 184 Å². The predicted molar refractivity (Wildman–Crippen MR) is 119 cm³/mol. The monoisotopic (exact) mass is 424 g/mol. The number of methoxy groups -OCH3 is 1. The number of aryl methyl sites for hydroxylation is 2. The van der Waals surface area contributed by atoms with Gasteiger partial charge in [-0.2, -0.15) is 0 Å². The van der Waals surface area contributed by atoms with Crippen molar-refractivity contribution in [3.63, 3.8) is 0 Å². The van der Waals surface area contributed by atoms with Gasteiger partial charge in [-0.3, -0.25) is 4.79 Å². The van der Waals surface area contributed by atoms with Crippen LogP contribution in [0.5, 0.6) is 11.5 Å². The number of nitrogens with zero attached hydrogens (tertiary/aromatic N) is 2. The Kier molecular flexibility index (Phi) is 6.64. The number of carbonyl (C=O) groups excluding carboxylic acids is 1. The summed E-state index contributed by atoms with van der Waals surface area (Å²) in [5.74, 6) is 2.84. The topological polar surface area (TPSA) is 64.8 Å². The number of rotatable bonds is 6. The molecular formula is C25H32N2O4. The summed E-state index contributed by atoms with van der Waals surface area (Å²) >= 11 is 0. The van der Waals surface area contributed by atoms with E-state index in [9.17, 15) is 4.79 Å². The number of carbonyl (C=O) groups is 1. The first-order valence-electron chi connectivity index (χ1n) is 11.3. The molecule has 1 saturated heterocycles. The minimum atomic E-state index is 0.120. The highest BCUT2D eigenvalue weighted by Gasteiger charge is 2.34. The van der Waals surface area contributed by atoms with Crippen LogP contribution in [0.3, 0.4) is 0 Å². The number of amides is 1. The van der Waals surface area contributed by atoms with E-state index in [1.807, 2.05) is 38.1 Å². The number of hydrogen-bond acceptors (Lipinski definition) is 5. The molecule has 166 valence electrons. The zero-order valence-corrected chi connectivity index (χ0v) is 18.7. The third-order valence-corrected chi connectivity index (χ3v) is 6.69. The molecule has 1 aromatic carbocycles. The molecule has 1 amide bonds. The molecule has 2 atom stereocenters. The van der Waals surface area contributed by atoms with Crippen molar-refractivity contribution < 1.29 is 18.8 Å². The van der Waals surface area contributed by atoms with Crippen LogP contribution >= 0.6 is 0 Å². The van der Waals surface area contributed by atoms with Crippen LogP contribution in [-0.4, -0.2) is 35.7 Å². The third kappa shape index (κ3) is 4.78. The number of aromatic nitrogens is 1. The molecule has 2 aromatic rings. The van der Waals surface area contributed by atoms with Gasteiger partial charge in [0.2, 0.25) is 5.91 Å². The number of likely N-dealkylation sites (tertiary alicyclic amines) is 1. The molecule has 6 heteroatoms. The van der Waals surface area contributed by atoms with Gasteiger partial charge >= 0.3 is 0 Å². The molecule has 2 fully saturated rings. The lowest BCUT2D eigenvalue weighted by Crippen LogP contribution is -2.49. The summed E-state index contributed by atoms with van der Waals surface area (Å²) in [6.45, 7) is 5.01. The van der Waals surface area contributed by atoms with E-state index >= 15 is 0 Å². The van der Waals surface area contributed by atoms with Crippen LogP contribution in [0.25, 0.3) is 6.08 Å². The average molecular weight is 425 g/mol.